The van der Waals surface area contributed by atoms with Crippen LogP contribution in [0.2, 0.25) is 0 Å². The van der Waals surface area contributed by atoms with Gasteiger partial charge in [-0.15, -0.1) is 0 Å². The second kappa shape index (κ2) is 9.19. The Labute approximate surface area is 159 Å². The van der Waals surface area contributed by atoms with E-state index < -0.39 is 0 Å². The van der Waals surface area contributed by atoms with E-state index >= 15 is 0 Å². The van der Waals surface area contributed by atoms with Crippen LogP contribution in [0.5, 0.6) is 0 Å². The van der Waals surface area contributed by atoms with E-state index in [1.54, 1.807) is 11.0 Å². The van der Waals surface area contributed by atoms with Gasteiger partial charge < -0.3 is 20.3 Å². The number of hydrogen-bond donors (Lipinski definition) is 2. The molecule has 0 spiro atoms. The summed E-state index contributed by atoms with van der Waals surface area (Å²) in [6, 6.07) is 15.3. The zero-order chi connectivity index (χ0) is 19.1. The molecular weight excluding hydrogens is 342 g/mol. The number of morpholine rings is 1. The molecule has 2 amide bonds. The van der Waals surface area contributed by atoms with Gasteiger partial charge in [-0.25, -0.2) is 0 Å². The molecule has 0 saturated carbocycles. The summed E-state index contributed by atoms with van der Waals surface area (Å²) in [5.41, 5.74) is 3.41. The van der Waals surface area contributed by atoms with Crippen LogP contribution in [0.1, 0.15) is 21.5 Å². The van der Waals surface area contributed by atoms with Crippen LogP contribution in [0, 0.1) is 6.92 Å². The minimum absolute atomic E-state index is 0.00756. The van der Waals surface area contributed by atoms with E-state index in [1.807, 2.05) is 49.4 Å². The maximum Gasteiger partial charge on any atom is 0.253 e. The van der Waals surface area contributed by atoms with E-state index in [2.05, 4.69) is 10.6 Å². The molecule has 6 heteroatoms. The predicted molar refractivity (Wildman–Crippen MR) is 105 cm³/mol. The van der Waals surface area contributed by atoms with Gasteiger partial charge in [0.05, 0.1) is 25.3 Å². The summed E-state index contributed by atoms with van der Waals surface area (Å²) in [7, 11) is 0. The SMILES string of the molecule is Cc1ccc(CNC(=O)c2ccccc2NCC(=O)N2CCOCC2)cc1. The van der Waals surface area contributed by atoms with Crippen molar-refractivity contribution in [2.45, 2.75) is 13.5 Å². The maximum absolute atomic E-state index is 12.6. The van der Waals surface area contributed by atoms with Crippen molar-refractivity contribution in [2.24, 2.45) is 0 Å². The van der Waals surface area contributed by atoms with Crippen LogP contribution in [0.25, 0.3) is 0 Å². The van der Waals surface area contributed by atoms with Gasteiger partial charge in [-0.2, -0.15) is 0 Å². The molecule has 1 heterocycles. The second-order valence-corrected chi connectivity index (χ2v) is 6.56. The maximum atomic E-state index is 12.6. The van der Waals surface area contributed by atoms with E-state index in [1.165, 1.54) is 5.56 Å². The van der Waals surface area contributed by atoms with Gasteiger partial charge in [-0.05, 0) is 24.6 Å². The van der Waals surface area contributed by atoms with Crippen LogP contribution in [-0.2, 0) is 16.1 Å². The average molecular weight is 367 g/mol. The van der Waals surface area contributed by atoms with Crippen molar-refractivity contribution in [1.29, 1.82) is 0 Å². The first-order chi connectivity index (χ1) is 13.1. The van der Waals surface area contributed by atoms with E-state index in [9.17, 15) is 9.59 Å². The number of carbonyl (C=O) groups is 2. The fourth-order valence-corrected chi connectivity index (χ4v) is 2.91. The standard InChI is InChI=1S/C21H25N3O3/c1-16-6-8-17(9-7-16)14-23-21(26)18-4-2-3-5-19(18)22-15-20(25)24-10-12-27-13-11-24/h2-9,22H,10-15H2,1H3,(H,23,26). The Hall–Kier alpha value is -2.86. The average Bonchev–Trinajstić information content (AvgIpc) is 2.72. The molecule has 6 nitrogen and oxygen atoms in total. The highest BCUT2D eigenvalue weighted by Gasteiger charge is 2.17. The summed E-state index contributed by atoms with van der Waals surface area (Å²) in [5, 5.41) is 6.04. The third kappa shape index (κ3) is 5.31. The fourth-order valence-electron chi connectivity index (χ4n) is 2.91. The number of nitrogens with one attached hydrogen (secondary N) is 2. The number of ether oxygens (including phenoxy) is 1. The molecule has 1 aliphatic rings. The third-order valence-corrected chi connectivity index (χ3v) is 4.54. The van der Waals surface area contributed by atoms with Crippen molar-refractivity contribution >= 4 is 17.5 Å². The van der Waals surface area contributed by atoms with Gasteiger partial charge in [0.15, 0.2) is 0 Å². The lowest BCUT2D eigenvalue weighted by atomic mass is 10.1. The molecule has 2 N–H and O–H groups in total. The van der Waals surface area contributed by atoms with Crippen molar-refractivity contribution in [3.8, 4) is 0 Å². The number of carbonyl (C=O) groups excluding carboxylic acids is 2. The summed E-state index contributed by atoms with van der Waals surface area (Å²) in [5.74, 6) is -0.161. The van der Waals surface area contributed by atoms with Gasteiger partial charge in [0.2, 0.25) is 5.91 Å². The van der Waals surface area contributed by atoms with Crippen LogP contribution in [0.15, 0.2) is 48.5 Å². The topological polar surface area (TPSA) is 70.7 Å². The summed E-state index contributed by atoms with van der Waals surface area (Å²) in [4.78, 5) is 26.7. The smallest absolute Gasteiger partial charge is 0.253 e. The highest BCUT2D eigenvalue weighted by molar-refractivity contribution is 6.00. The first-order valence-corrected chi connectivity index (χ1v) is 9.15. The minimum atomic E-state index is -0.169. The van der Waals surface area contributed by atoms with E-state index in [4.69, 9.17) is 4.74 Å². The number of aryl methyl sites for hydroxylation is 1. The molecule has 0 unspecified atom stereocenters. The first-order valence-electron chi connectivity index (χ1n) is 9.15. The van der Waals surface area contributed by atoms with Gasteiger partial charge >= 0.3 is 0 Å². The van der Waals surface area contributed by atoms with E-state index in [0.717, 1.165) is 5.56 Å². The Morgan fingerprint density at radius 3 is 2.48 bits per heavy atom. The highest BCUT2D eigenvalue weighted by atomic mass is 16.5. The molecule has 0 bridgehead atoms. The predicted octanol–water partition coefficient (Wildman–Crippen LogP) is 2.20. The summed E-state index contributed by atoms with van der Waals surface area (Å²) in [6.07, 6.45) is 0. The first kappa shape index (κ1) is 18.9. The minimum Gasteiger partial charge on any atom is -0.378 e. The number of rotatable bonds is 6. The second-order valence-electron chi connectivity index (χ2n) is 6.56. The van der Waals surface area contributed by atoms with Crippen LogP contribution in [0.4, 0.5) is 5.69 Å². The van der Waals surface area contributed by atoms with Crippen molar-refractivity contribution in [3.63, 3.8) is 0 Å². The number of nitrogens with zero attached hydrogens (tertiary/aromatic N) is 1. The Balaban J connectivity index is 1.58. The van der Waals surface area contributed by atoms with Crippen molar-refractivity contribution in [1.82, 2.24) is 10.2 Å². The van der Waals surface area contributed by atoms with Crippen molar-refractivity contribution in [3.05, 3.63) is 65.2 Å². The molecule has 1 aliphatic heterocycles. The quantitative estimate of drug-likeness (QED) is 0.821. The summed E-state index contributed by atoms with van der Waals surface area (Å²) in [6.45, 7) is 5.01. The molecule has 0 aliphatic carbocycles. The largest absolute Gasteiger partial charge is 0.378 e. The van der Waals surface area contributed by atoms with Gasteiger partial charge in [0, 0.05) is 25.3 Å². The van der Waals surface area contributed by atoms with Crippen molar-refractivity contribution in [2.75, 3.05) is 38.2 Å². The summed E-state index contributed by atoms with van der Waals surface area (Å²) < 4.78 is 5.27. The van der Waals surface area contributed by atoms with E-state index in [0.29, 0.717) is 44.1 Å². The van der Waals surface area contributed by atoms with Gasteiger partial charge in [-0.1, -0.05) is 42.0 Å². The molecular formula is C21H25N3O3. The van der Waals surface area contributed by atoms with Gasteiger partial charge in [0.1, 0.15) is 0 Å². The van der Waals surface area contributed by atoms with Gasteiger partial charge in [-0.3, -0.25) is 9.59 Å². The molecule has 1 saturated heterocycles. The fraction of sp³-hybridized carbons (Fsp3) is 0.333. The number of hydrogen-bond acceptors (Lipinski definition) is 4. The Bertz CT molecular complexity index is 784. The lowest BCUT2D eigenvalue weighted by molar-refractivity contribution is -0.133. The highest BCUT2D eigenvalue weighted by Crippen LogP contribution is 2.15. The zero-order valence-corrected chi connectivity index (χ0v) is 15.5. The van der Waals surface area contributed by atoms with Gasteiger partial charge in [0.25, 0.3) is 5.91 Å². The Kier molecular flexibility index (Phi) is 6.44. The number of benzene rings is 2. The Morgan fingerprint density at radius 1 is 1.04 bits per heavy atom. The number of para-hydroxylation sites is 1. The molecule has 0 atom stereocenters. The molecule has 2 aromatic rings. The molecule has 27 heavy (non-hydrogen) atoms. The zero-order valence-electron chi connectivity index (χ0n) is 15.5. The van der Waals surface area contributed by atoms with E-state index in [-0.39, 0.29) is 18.4 Å². The Morgan fingerprint density at radius 2 is 1.74 bits per heavy atom. The molecule has 1 fully saturated rings. The van der Waals surface area contributed by atoms with Crippen molar-refractivity contribution < 1.29 is 14.3 Å². The summed E-state index contributed by atoms with van der Waals surface area (Å²) >= 11 is 0. The number of anilines is 1. The van der Waals surface area contributed by atoms with Crippen LogP contribution >= 0.6 is 0 Å². The molecule has 2 aromatic carbocycles. The monoisotopic (exact) mass is 367 g/mol. The number of amides is 2. The molecule has 142 valence electrons. The van der Waals surface area contributed by atoms with Crippen LogP contribution in [0.3, 0.4) is 0 Å². The third-order valence-electron chi connectivity index (χ3n) is 4.54. The molecule has 0 aromatic heterocycles. The van der Waals surface area contributed by atoms with Crippen LogP contribution in [-0.4, -0.2) is 49.6 Å². The molecule has 0 radical (unpaired) electrons. The normalized spacial score (nSPS) is 13.9. The molecule has 3 rings (SSSR count). The lowest BCUT2D eigenvalue weighted by Crippen LogP contribution is -2.43. The lowest BCUT2D eigenvalue weighted by Gasteiger charge is -2.27. The van der Waals surface area contributed by atoms with Crippen LogP contribution < -0.4 is 10.6 Å².